The van der Waals surface area contributed by atoms with E-state index in [1.807, 2.05) is 59.3 Å². The van der Waals surface area contributed by atoms with Gasteiger partial charge in [-0.1, -0.05) is 18.2 Å². The number of carbonyl (C=O) groups is 1. The quantitative estimate of drug-likeness (QED) is 0.550. The molecule has 9 heteroatoms. The molecule has 0 bridgehead atoms. The van der Waals surface area contributed by atoms with Gasteiger partial charge in [-0.05, 0) is 44.0 Å². The van der Waals surface area contributed by atoms with Crippen molar-refractivity contribution in [1.29, 1.82) is 0 Å². The minimum atomic E-state index is -3.17. The van der Waals surface area contributed by atoms with Crippen LogP contribution < -0.4 is 5.32 Å². The van der Waals surface area contributed by atoms with Gasteiger partial charge in [-0.3, -0.25) is 4.79 Å². The molecule has 1 fully saturated rings. The highest BCUT2D eigenvalue weighted by Gasteiger charge is 2.27. The van der Waals surface area contributed by atoms with Gasteiger partial charge in [0.05, 0.1) is 17.0 Å². The molecule has 1 aromatic carbocycles. The predicted octanol–water partition coefficient (Wildman–Crippen LogP) is 3.17. The maximum atomic E-state index is 12.9. The van der Waals surface area contributed by atoms with Crippen molar-refractivity contribution in [2.45, 2.75) is 36.5 Å². The van der Waals surface area contributed by atoms with Crippen LogP contribution in [-0.4, -0.2) is 52.9 Å². The second-order valence-electron chi connectivity index (χ2n) is 7.53. The normalized spacial score (nSPS) is 15.9. The van der Waals surface area contributed by atoms with Gasteiger partial charge in [-0.15, -0.1) is 11.8 Å². The number of aromatic nitrogens is 2. The molecule has 2 aromatic heterocycles. The number of nitrogens with zero attached hydrogens (tertiary/aromatic N) is 3. The summed E-state index contributed by atoms with van der Waals surface area (Å²) in [5.41, 5.74) is 2.50. The van der Waals surface area contributed by atoms with Gasteiger partial charge in [0.25, 0.3) is 5.91 Å². The van der Waals surface area contributed by atoms with E-state index < -0.39 is 10.0 Å². The number of rotatable bonds is 7. The van der Waals surface area contributed by atoms with Crippen molar-refractivity contribution in [3.63, 3.8) is 0 Å². The highest BCUT2D eigenvalue weighted by molar-refractivity contribution is 7.98. The maximum absolute atomic E-state index is 12.9. The first-order valence-corrected chi connectivity index (χ1v) is 13.0. The van der Waals surface area contributed by atoms with Crippen LogP contribution in [0.4, 0.5) is 0 Å². The molecular weight excluding hydrogens is 432 g/mol. The lowest BCUT2D eigenvalue weighted by molar-refractivity contribution is 0.0921. The molecule has 1 saturated heterocycles. The van der Waals surface area contributed by atoms with E-state index in [2.05, 4.69) is 10.3 Å². The maximum Gasteiger partial charge on any atom is 0.252 e. The van der Waals surface area contributed by atoms with Crippen molar-refractivity contribution in [3.05, 3.63) is 66.1 Å². The Bertz CT molecular complexity index is 1140. The Hall–Kier alpha value is -2.36. The average Bonchev–Trinajstić information content (AvgIpc) is 3.21. The zero-order valence-electron chi connectivity index (χ0n) is 17.4. The zero-order chi connectivity index (χ0) is 21.8. The lowest BCUT2D eigenvalue weighted by Crippen LogP contribution is -2.46. The van der Waals surface area contributed by atoms with Gasteiger partial charge in [0.2, 0.25) is 10.0 Å². The highest BCUT2D eigenvalue weighted by atomic mass is 32.2. The van der Waals surface area contributed by atoms with E-state index >= 15 is 0 Å². The molecule has 3 heterocycles. The van der Waals surface area contributed by atoms with Crippen LogP contribution in [-0.2, 0) is 15.8 Å². The van der Waals surface area contributed by atoms with E-state index in [-0.39, 0.29) is 17.7 Å². The summed E-state index contributed by atoms with van der Waals surface area (Å²) >= 11 is 1.59. The second kappa shape index (κ2) is 9.42. The summed E-state index contributed by atoms with van der Waals surface area (Å²) in [6.07, 6.45) is 5.22. The van der Waals surface area contributed by atoms with E-state index in [1.54, 1.807) is 18.7 Å². The first-order valence-electron chi connectivity index (χ1n) is 10.4. The Labute approximate surface area is 186 Å². The number of imidazole rings is 1. The second-order valence-corrected chi connectivity index (χ2v) is 10.8. The van der Waals surface area contributed by atoms with Crippen LogP contribution in [0.3, 0.4) is 0 Å². The van der Waals surface area contributed by atoms with E-state index in [1.165, 1.54) is 4.31 Å². The molecule has 4 rings (SSSR count). The van der Waals surface area contributed by atoms with Crippen LogP contribution in [0.2, 0.25) is 0 Å². The Morgan fingerprint density at radius 3 is 2.65 bits per heavy atom. The number of amides is 1. The van der Waals surface area contributed by atoms with Crippen molar-refractivity contribution in [1.82, 2.24) is 19.0 Å². The topological polar surface area (TPSA) is 83.8 Å². The van der Waals surface area contributed by atoms with Crippen molar-refractivity contribution < 1.29 is 13.2 Å². The van der Waals surface area contributed by atoms with E-state index in [0.717, 1.165) is 16.2 Å². The van der Waals surface area contributed by atoms with Gasteiger partial charge in [-0.25, -0.2) is 17.7 Å². The fourth-order valence-electron chi connectivity index (χ4n) is 3.71. The summed E-state index contributed by atoms with van der Waals surface area (Å²) in [5.74, 6) is 0.662. The SMILES string of the molecule is CCS(=O)(=O)N1CCC(NC(=O)c2ccccc2SCc2cn3ccccc3n2)CC1. The van der Waals surface area contributed by atoms with Crippen LogP contribution in [0.25, 0.3) is 5.65 Å². The van der Waals surface area contributed by atoms with Gasteiger partial charge in [0, 0.05) is 42.2 Å². The molecule has 0 radical (unpaired) electrons. The number of carbonyl (C=O) groups excluding carboxylic acids is 1. The Morgan fingerprint density at radius 2 is 1.90 bits per heavy atom. The molecule has 0 saturated carbocycles. The van der Waals surface area contributed by atoms with Crippen LogP contribution >= 0.6 is 11.8 Å². The zero-order valence-corrected chi connectivity index (χ0v) is 19.0. The predicted molar refractivity (Wildman–Crippen MR) is 123 cm³/mol. The lowest BCUT2D eigenvalue weighted by atomic mass is 10.1. The summed E-state index contributed by atoms with van der Waals surface area (Å²) in [5, 5.41) is 3.09. The van der Waals surface area contributed by atoms with Gasteiger partial charge < -0.3 is 9.72 Å². The van der Waals surface area contributed by atoms with E-state index in [0.29, 0.717) is 37.2 Å². The molecule has 1 aliphatic rings. The summed E-state index contributed by atoms with van der Waals surface area (Å²) in [4.78, 5) is 18.5. The van der Waals surface area contributed by atoms with Crippen molar-refractivity contribution >= 4 is 33.3 Å². The van der Waals surface area contributed by atoms with Crippen molar-refractivity contribution in [2.24, 2.45) is 0 Å². The molecule has 0 aliphatic carbocycles. The largest absolute Gasteiger partial charge is 0.349 e. The molecule has 0 unspecified atom stereocenters. The summed E-state index contributed by atoms with van der Waals surface area (Å²) in [6.45, 7) is 2.56. The first kappa shape index (κ1) is 21.9. The number of hydrogen-bond donors (Lipinski definition) is 1. The average molecular weight is 459 g/mol. The summed E-state index contributed by atoms with van der Waals surface area (Å²) < 4.78 is 27.6. The van der Waals surface area contributed by atoms with Gasteiger partial charge in [0.1, 0.15) is 5.65 Å². The van der Waals surface area contributed by atoms with Crippen LogP contribution in [0, 0.1) is 0 Å². The van der Waals surface area contributed by atoms with Gasteiger partial charge in [-0.2, -0.15) is 0 Å². The van der Waals surface area contributed by atoms with E-state index in [4.69, 9.17) is 0 Å². The molecular formula is C22H26N4O3S2. The smallest absolute Gasteiger partial charge is 0.252 e. The molecule has 0 atom stereocenters. The standard InChI is InChI=1S/C22H26N4O3S2/c1-2-31(28,29)26-13-10-17(11-14-26)24-22(27)19-7-3-4-8-20(19)30-16-18-15-25-12-6-5-9-21(25)23-18/h3-9,12,15,17H,2,10-11,13-14,16H2,1H3,(H,24,27). The number of hydrogen-bond acceptors (Lipinski definition) is 5. The van der Waals surface area contributed by atoms with Crippen molar-refractivity contribution in [2.75, 3.05) is 18.8 Å². The minimum absolute atomic E-state index is 0.0210. The van der Waals surface area contributed by atoms with Crippen molar-refractivity contribution in [3.8, 4) is 0 Å². The third kappa shape index (κ3) is 5.11. The molecule has 31 heavy (non-hydrogen) atoms. The number of piperidine rings is 1. The highest BCUT2D eigenvalue weighted by Crippen LogP contribution is 2.26. The third-order valence-corrected chi connectivity index (χ3v) is 8.46. The summed E-state index contributed by atoms with van der Waals surface area (Å²) in [6, 6.07) is 13.4. The molecule has 1 amide bonds. The van der Waals surface area contributed by atoms with Crippen LogP contribution in [0.15, 0.2) is 59.8 Å². The minimum Gasteiger partial charge on any atom is -0.349 e. The molecule has 1 aliphatic heterocycles. The van der Waals surface area contributed by atoms with Crippen LogP contribution in [0.1, 0.15) is 35.8 Å². The number of thioether (sulfide) groups is 1. The molecule has 3 aromatic rings. The first-order chi connectivity index (χ1) is 15.0. The number of nitrogens with one attached hydrogen (secondary N) is 1. The number of sulfonamides is 1. The Kier molecular flexibility index (Phi) is 6.64. The Balaban J connectivity index is 1.38. The van der Waals surface area contributed by atoms with Crippen LogP contribution in [0.5, 0.6) is 0 Å². The van der Waals surface area contributed by atoms with Gasteiger partial charge >= 0.3 is 0 Å². The number of fused-ring (bicyclic) bond motifs is 1. The number of benzene rings is 1. The number of pyridine rings is 1. The van der Waals surface area contributed by atoms with E-state index in [9.17, 15) is 13.2 Å². The molecule has 0 spiro atoms. The molecule has 1 N–H and O–H groups in total. The lowest BCUT2D eigenvalue weighted by Gasteiger charge is -2.31. The summed E-state index contributed by atoms with van der Waals surface area (Å²) in [7, 11) is -3.17. The third-order valence-electron chi connectivity index (χ3n) is 5.47. The Morgan fingerprint density at radius 1 is 1.16 bits per heavy atom. The van der Waals surface area contributed by atoms with Gasteiger partial charge in [0.15, 0.2) is 0 Å². The molecule has 164 valence electrons. The monoisotopic (exact) mass is 458 g/mol. The fraction of sp³-hybridized carbons (Fsp3) is 0.364. The fourth-order valence-corrected chi connectivity index (χ4v) is 5.78. The molecule has 7 nitrogen and oxygen atoms in total.